The minimum absolute atomic E-state index is 0.300. The van der Waals surface area contributed by atoms with E-state index in [0.29, 0.717) is 12.5 Å². The van der Waals surface area contributed by atoms with Crippen LogP contribution in [0.2, 0.25) is 0 Å². The van der Waals surface area contributed by atoms with Crippen LogP contribution in [-0.4, -0.2) is 22.2 Å². The van der Waals surface area contributed by atoms with E-state index in [2.05, 4.69) is 24.1 Å². The maximum absolute atomic E-state index is 10.2. The summed E-state index contributed by atoms with van der Waals surface area (Å²) in [4.78, 5) is 4.05. The van der Waals surface area contributed by atoms with Gasteiger partial charge in [0.1, 0.15) is 0 Å². The predicted octanol–water partition coefficient (Wildman–Crippen LogP) is 1.97. The van der Waals surface area contributed by atoms with Gasteiger partial charge in [-0.3, -0.25) is 4.98 Å². The van der Waals surface area contributed by atoms with Crippen LogP contribution >= 0.6 is 0 Å². The number of pyridine rings is 1. The lowest BCUT2D eigenvalue weighted by atomic mass is 9.88. The summed E-state index contributed by atoms with van der Waals surface area (Å²) < 4.78 is 0. The van der Waals surface area contributed by atoms with Crippen molar-refractivity contribution in [1.82, 2.24) is 10.3 Å². The van der Waals surface area contributed by atoms with Crippen LogP contribution in [0.25, 0.3) is 0 Å². The molecular weight excluding hydrogens is 200 g/mol. The number of hydrogen-bond acceptors (Lipinski definition) is 3. The minimum Gasteiger partial charge on any atom is -0.389 e. The Labute approximate surface area is 97.9 Å². The average molecular weight is 222 g/mol. The van der Waals surface area contributed by atoms with Crippen molar-refractivity contribution in [1.29, 1.82) is 0 Å². The molecule has 1 rings (SSSR count). The molecule has 3 nitrogen and oxygen atoms in total. The zero-order valence-corrected chi connectivity index (χ0v) is 10.4. The van der Waals surface area contributed by atoms with E-state index in [1.54, 1.807) is 6.20 Å². The fourth-order valence-corrected chi connectivity index (χ4v) is 1.58. The van der Waals surface area contributed by atoms with Crippen LogP contribution in [0.4, 0.5) is 0 Å². The Morgan fingerprint density at radius 1 is 1.56 bits per heavy atom. The lowest BCUT2D eigenvalue weighted by Crippen LogP contribution is -2.42. The first kappa shape index (κ1) is 13.1. The van der Waals surface area contributed by atoms with Crippen molar-refractivity contribution in [2.75, 3.05) is 6.54 Å². The standard InChI is InChI=1S/C13H22N2O/c1-4-11(2)13(3,16)10-15-9-12-6-5-7-14-8-12/h5-8,11,15-16H,4,9-10H2,1-3H3. The average Bonchev–Trinajstić information content (AvgIpc) is 2.29. The van der Waals surface area contributed by atoms with Crippen LogP contribution in [0.1, 0.15) is 32.8 Å². The molecule has 3 heteroatoms. The van der Waals surface area contributed by atoms with Crippen LogP contribution in [-0.2, 0) is 6.54 Å². The molecule has 0 amide bonds. The van der Waals surface area contributed by atoms with Gasteiger partial charge in [0, 0.05) is 25.5 Å². The summed E-state index contributed by atoms with van der Waals surface area (Å²) in [5.74, 6) is 0.300. The summed E-state index contributed by atoms with van der Waals surface area (Å²) in [5, 5.41) is 13.5. The number of rotatable bonds is 6. The molecule has 0 saturated carbocycles. The highest BCUT2D eigenvalue weighted by molar-refractivity contribution is 5.07. The molecule has 90 valence electrons. The van der Waals surface area contributed by atoms with E-state index >= 15 is 0 Å². The molecule has 0 bridgehead atoms. The van der Waals surface area contributed by atoms with E-state index in [9.17, 15) is 5.11 Å². The van der Waals surface area contributed by atoms with Gasteiger partial charge in [0.15, 0.2) is 0 Å². The Morgan fingerprint density at radius 3 is 2.88 bits per heavy atom. The molecule has 0 aliphatic rings. The predicted molar refractivity (Wildman–Crippen MR) is 66.0 cm³/mol. The summed E-state index contributed by atoms with van der Waals surface area (Å²) >= 11 is 0. The monoisotopic (exact) mass is 222 g/mol. The molecule has 1 aromatic heterocycles. The first-order valence-corrected chi connectivity index (χ1v) is 5.88. The van der Waals surface area contributed by atoms with Gasteiger partial charge in [-0.2, -0.15) is 0 Å². The van der Waals surface area contributed by atoms with Crippen LogP contribution in [0.15, 0.2) is 24.5 Å². The molecule has 0 saturated heterocycles. The highest BCUT2D eigenvalue weighted by Crippen LogP contribution is 2.18. The van der Waals surface area contributed by atoms with Gasteiger partial charge in [0.05, 0.1) is 5.60 Å². The van der Waals surface area contributed by atoms with E-state index in [1.807, 2.05) is 25.3 Å². The number of aromatic nitrogens is 1. The second-order valence-electron chi connectivity index (χ2n) is 4.63. The molecule has 0 fully saturated rings. The van der Waals surface area contributed by atoms with E-state index in [-0.39, 0.29) is 0 Å². The topological polar surface area (TPSA) is 45.1 Å². The Morgan fingerprint density at radius 2 is 2.31 bits per heavy atom. The molecule has 2 atom stereocenters. The molecule has 0 aliphatic carbocycles. The van der Waals surface area contributed by atoms with E-state index < -0.39 is 5.60 Å². The van der Waals surface area contributed by atoms with Gasteiger partial charge < -0.3 is 10.4 Å². The van der Waals surface area contributed by atoms with Gasteiger partial charge in [0.2, 0.25) is 0 Å². The quantitative estimate of drug-likeness (QED) is 0.773. The lowest BCUT2D eigenvalue weighted by Gasteiger charge is -2.29. The Kier molecular flexibility index (Phi) is 4.90. The third-order valence-corrected chi connectivity index (χ3v) is 3.21. The Hall–Kier alpha value is -0.930. The van der Waals surface area contributed by atoms with Gasteiger partial charge in [-0.25, -0.2) is 0 Å². The van der Waals surface area contributed by atoms with E-state index in [0.717, 1.165) is 18.5 Å². The van der Waals surface area contributed by atoms with Gasteiger partial charge in [-0.05, 0) is 24.5 Å². The third kappa shape index (κ3) is 3.91. The van der Waals surface area contributed by atoms with Crippen LogP contribution in [0.5, 0.6) is 0 Å². The van der Waals surface area contributed by atoms with Crippen LogP contribution in [0, 0.1) is 5.92 Å². The summed E-state index contributed by atoms with van der Waals surface area (Å²) in [7, 11) is 0. The normalized spacial score (nSPS) is 16.8. The second-order valence-corrected chi connectivity index (χ2v) is 4.63. The Bertz CT molecular complexity index is 298. The molecule has 0 radical (unpaired) electrons. The molecule has 0 spiro atoms. The summed E-state index contributed by atoms with van der Waals surface area (Å²) in [6, 6.07) is 3.95. The van der Waals surface area contributed by atoms with Crippen LogP contribution < -0.4 is 5.32 Å². The van der Waals surface area contributed by atoms with Gasteiger partial charge in [-0.15, -0.1) is 0 Å². The van der Waals surface area contributed by atoms with Gasteiger partial charge >= 0.3 is 0 Å². The summed E-state index contributed by atoms with van der Waals surface area (Å²) in [6.07, 6.45) is 4.59. The zero-order chi connectivity index (χ0) is 12.0. The Balaban J connectivity index is 2.35. The van der Waals surface area contributed by atoms with Crippen molar-refractivity contribution in [3.63, 3.8) is 0 Å². The van der Waals surface area contributed by atoms with Crippen molar-refractivity contribution in [2.45, 2.75) is 39.3 Å². The maximum atomic E-state index is 10.2. The fourth-order valence-electron chi connectivity index (χ4n) is 1.58. The largest absolute Gasteiger partial charge is 0.389 e. The highest BCUT2D eigenvalue weighted by atomic mass is 16.3. The smallest absolute Gasteiger partial charge is 0.0768 e. The molecule has 1 heterocycles. The first-order valence-electron chi connectivity index (χ1n) is 5.88. The fraction of sp³-hybridized carbons (Fsp3) is 0.615. The third-order valence-electron chi connectivity index (χ3n) is 3.21. The number of aliphatic hydroxyl groups is 1. The molecule has 16 heavy (non-hydrogen) atoms. The van der Waals surface area contributed by atoms with Crippen molar-refractivity contribution in [3.05, 3.63) is 30.1 Å². The maximum Gasteiger partial charge on any atom is 0.0768 e. The highest BCUT2D eigenvalue weighted by Gasteiger charge is 2.26. The number of nitrogens with zero attached hydrogens (tertiary/aromatic N) is 1. The summed E-state index contributed by atoms with van der Waals surface area (Å²) in [5.41, 5.74) is 0.499. The molecular formula is C13H22N2O. The van der Waals surface area contributed by atoms with Crippen LogP contribution in [0.3, 0.4) is 0 Å². The second kappa shape index (κ2) is 5.97. The van der Waals surface area contributed by atoms with Gasteiger partial charge in [-0.1, -0.05) is 26.3 Å². The lowest BCUT2D eigenvalue weighted by molar-refractivity contribution is 0.00534. The minimum atomic E-state index is -0.642. The molecule has 2 N–H and O–H groups in total. The zero-order valence-electron chi connectivity index (χ0n) is 10.4. The molecule has 1 aromatic rings. The van der Waals surface area contributed by atoms with E-state index in [1.165, 1.54) is 0 Å². The number of nitrogens with one attached hydrogen (secondary N) is 1. The molecule has 0 aromatic carbocycles. The number of hydrogen-bond donors (Lipinski definition) is 2. The van der Waals surface area contributed by atoms with Crippen molar-refractivity contribution in [3.8, 4) is 0 Å². The first-order chi connectivity index (χ1) is 7.56. The van der Waals surface area contributed by atoms with Gasteiger partial charge in [0.25, 0.3) is 0 Å². The van der Waals surface area contributed by atoms with Crippen molar-refractivity contribution >= 4 is 0 Å². The van der Waals surface area contributed by atoms with Crippen molar-refractivity contribution in [2.24, 2.45) is 5.92 Å². The summed E-state index contributed by atoms with van der Waals surface area (Å²) in [6.45, 7) is 7.42. The van der Waals surface area contributed by atoms with Crippen molar-refractivity contribution < 1.29 is 5.11 Å². The SMILES string of the molecule is CCC(C)C(C)(O)CNCc1cccnc1. The molecule has 0 aliphatic heterocycles. The van der Waals surface area contributed by atoms with E-state index in [4.69, 9.17) is 0 Å². The molecule has 2 unspecified atom stereocenters.